The molecule has 5 rings (SSSR count). The van der Waals surface area contributed by atoms with E-state index in [0.29, 0.717) is 17.4 Å². The predicted molar refractivity (Wildman–Crippen MR) is 85.8 cm³/mol. The van der Waals surface area contributed by atoms with Crippen LogP contribution in [0.1, 0.15) is 29.8 Å². The Morgan fingerprint density at radius 1 is 1.27 bits per heavy atom. The summed E-state index contributed by atoms with van der Waals surface area (Å²) in [6, 6.07) is 4.04. The number of benzene rings is 1. The lowest BCUT2D eigenvalue weighted by molar-refractivity contribution is -0.274. The van der Waals surface area contributed by atoms with Crippen LogP contribution in [-0.4, -0.2) is 63.5 Å². The number of nitrogens with one attached hydrogen (secondary N) is 1. The lowest BCUT2D eigenvalue weighted by Gasteiger charge is -2.68. The van der Waals surface area contributed by atoms with Crippen LogP contribution in [0.5, 0.6) is 5.75 Å². The Kier molecular flexibility index (Phi) is 3.14. The third-order valence-electron chi connectivity index (χ3n) is 6.13. The number of nitrogens with zero attached hydrogens (tertiary/aromatic N) is 3. The van der Waals surface area contributed by atoms with Gasteiger partial charge < -0.3 is 9.64 Å². The second kappa shape index (κ2) is 5.12. The van der Waals surface area contributed by atoms with Crippen LogP contribution in [0.25, 0.3) is 10.9 Å². The second-order valence-corrected chi connectivity index (χ2v) is 7.22. The van der Waals surface area contributed by atoms with Crippen molar-refractivity contribution in [2.24, 2.45) is 0 Å². The van der Waals surface area contributed by atoms with Crippen LogP contribution < -0.4 is 4.74 Å². The molecule has 2 aliphatic heterocycles. The average molecular weight is 366 g/mol. The summed E-state index contributed by atoms with van der Waals surface area (Å²) in [5, 5.41) is 7.16. The van der Waals surface area contributed by atoms with Crippen LogP contribution in [-0.2, 0) is 0 Å². The molecule has 1 amide bonds. The Morgan fingerprint density at radius 2 is 2.12 bits per heavy atom. The van der Waals surface area contributed by atoms with Crippen LogP contribution in [0, 0.1) is 0 Å². The number of carbonyl (C=O) groups is 1. The zero-order valence-corrected chi connectivity index (χ0v) is 13.8. The monoisotopic (exact) mass is 366 g/mol. The number of ether oxygens (including phenoxy) is 1. The number of H-pyrrole nitrogens is 1. The fraction of sp³-hybridized carbons (Fsp3) is 0.529. The quantitative estimate of drug-likeness (QED) is 0.887. The summed E-state index contributed by atoms with van der Waals surface area (Å²) < 4.78 is 41.4. The van der Waals surface area contributed by atoms with Gasteiger partial charge in [-0.2, -0.15) is 5.10 Å². The standard InChI is InChI=1S/C17H17F3N4O2/c18-17(19,20)26-10-1-2-12-11(9-10)14(22-21-12)15(25)24-8-7-23-6-5-16(23)4-3-13(16)24/h1-2,9,13H,3-8H2,(H,21,22). The molecule has 9 heteroatoms. The number of aromatic amines is 1. The van der Waals surface area contributed by atoms with E-state index in [-0.39, 0.29) is 28.9 Å². The normalized spacial score (nSPS) is 28.1. The van der Waals surface area contributed by atoms with Crippen molar-refractivity contribution in [1.29, 1.82) is 0 Å². The van der Waals surface area contributed by atoms with Gasteiger partial charge in [-0.1, -0.05) is 0 Å². The molecule has 2 atom stereocenters. The number of hydrogen-bond donors (Lipinski definition) is 1. The molecular formula is C17H17F3N4O2. The number of carbonyl (C=O) groups excluding carboxylic acids is 1. The van der Waals surface area contributed by atoms with Crippen molar-refractivity contribution in [3.05, 3.63) is 23.9 Å². The molecule has 1 spiro atoms. The third kappa shape index (κ3) is 2.16. The number of alkyl halides is 3. The number of piperazine rings is 1. The Labute approximate surface area is 146 Å². The summed E-state index contributed by atoms with van der Waals surface area (Å²) in [4.78, 5) is 17.4. The van der Waals surface area contributed by atoms with Gasteiger partial charge in [0.15, 0.2) is 5.69 Å². The Bertz CT molecular complexity index is 892. The first-order chi connectivity index (χ1) is 12.4. The van der Waals surface area contributed by atoms with Gasteiger partial charge in [-0.05, 0) is 37.5 Å². The van der Waals surface area contributed by atoms with Crippen molar-refractivity contribution >= 4 is 16.8 Å². The molecule has 1 aromatic carbocycles. The van der Waals surface area contributed by atoms with E-state index in [1.54, 1.807) is 0 Å². The van der Waals surface area contributed by atoms with Crippen molar-refractivity contribution in [3.8, 4) is 5.75 Å². The van der Waals surface area contributed by atoms with E-state index in [9.17, 15) is 18.0 Å². The summed E-state index contributed by atoms with van der Waals surface area (Å²) in [6.45, 7) is 2.55. The van der Waals surface area contributed by atoms with E-state index < -0.39 is 6.36 Å². The zero-order chi connectivity index (χ0) is 18.1. The molecule has 6 nitrogen and oxygen atoms in total. The van der Waals surface area contributed by atoms with E-state index in [0.717, 1.165) is 32.4 Å². The van der Waals surface area contributed by atoms with E-state index in [1.807, 2.05) is 4.90 Å². The maximum Gasteiger partial charge on any atom is 0.573 e. The molecule has 1 aliphatic carbocycles. The highest BCUT2D eigenvalue weighted by Crippen LogP contribution is 2.51. The Morgan fingerprint density at radius 3 is 2.77 bits per heavy atom. The van der Waals surface area contributed by atoms with Gasteiger partial charge in [0.2, 0.25) is 0 Å². The first-order valence-corrected chi connectivity index (χ1v) is 8.67. The molecule has 1 aromatic heterocycles. The van der Waals surface area contributed by atoms with Gasteiger partial charge >= 0.3 is 6.36 Å². The minimum absolute atomic E-state index is 0.130. The Balaban J connectivity index is 1.46. The lowest BCUT2D eigenvalue weighted by atomic mass is 9.61. The highest BCUT2D eigenvalue weighted by molar-refractivity contribution is 6.05. The molecular weight excluding hydrogens is 349 g/mol. The van der Waals surface area contributed by atoms with Crippen LogP contribution in [0.4, 0.5) is 13.2 Å². The van der Waals surface area contributed by atoms with Gasteiger partial charge in [0.25, 0.3) is 5.91 Å². The number of fused-ring (bicyclic) bond motifs is 1. The molecule has 3 heterocycles. The van der Waals surface area contributed by atoms with Gasteiger partial charge in [-0.25, -0.2) is 0 Å². The SMILES string of the molecule is O=C(c1n[nH]c2ccc(OC(F)(F)F)cc12)N1CCN2CCC23CCC13. The van der Waals surface area contributed by atoms with Gasteiger partial charge in [-0.15, -0.1) is 13.2 Å². The molecule has 1 saturated carbocycles. The van der Waals surface area contributed by atoms with E-state index in [2.05, 4.69) is 19.8 Å². The van der Waals surface area contributed by atoms with Crippen molar-refractivity contribution < 1.29 is 22.7 Å². The highest BCUT2D eigenvalue weighted by atomic mass is 19.4. The molecule has 0 bridgehead atoms. The molecule has 2 saturated heterocycles. The van der Waals surface area contributed by atoms with E-state index >= 15 is 0 Å². The van der Waals surface area contributed by atoms with Crippen molar-refractivity contribution in [2.45, 2.75) is 37.2 Å². The van der Waals surface area contributed by atoms with Crippen LogP contribution in [0.15, 0.2) is 18.2 Å². The number of rotatable bonds is 2. The van der Waals surface area contributed by atoms with Crippen molar-refractivity contribution in [2.75, 3.05) is 19.6 Å². The smallest absolute Gasteiger partial charge is 0.406 e. The first kappa shape index (κ1) is 15.9. The van der Waals surface area contributed by atoms with Gasteiger partial charge in [0, 0.05) is 30.6 Å². The molecule has 1 N–H and O–H groups in total. The summed E-state index contributed by atoms with van der Waals surface area (Å²) in [6.07, 6.45) is -1.61. The van der Waals surface area contributed by atoms with Gasteiger partial charge in [0.1, 0.15) is 5.75 Å². The van der Waals surface area contributed by atoms with Gasteiger partial charge in [0.05, 0.1) is 11.6 Å². The summed E-state index contributed by atoms with van der Waals surface area (Å²) in [5.41, 5.74) is 0.792. The molecule has 0 radical (unpaired) electrons. The molecule has 2 unspecified atom stereocenters. The molecule has 3 fully saturated rings. The van der Waals surface area contributed by atoms with Crippen molar-refractivity contribution in [1.82, 2.24) is 20.0 Å². The minimum Gasteiger partial charge on any atom is -0.406 e. The largest absolute Gasteiger partial charge is 0.573 e. The highest BCUT2D eigenvalue weighted by Gasteiger charge is 2.61. The molecule has 2 aromatic rings. The summed E-state index contributed by atoms with van der Waals surface area (Å²) in [7, 11) is 0. The zero-order valence-electron chi connectivity index (χ0n) is 13.8. The van der Waals surface area contributed by atoms with Crippen LogP contribution in [0.3, 0.4) is 0 Å². The van der Waals surface area contributed by atoms with Crippen LogP contribution in [0.2, 0.25) is 0 Å². The number of hydrogen-bond acceptors (Lipinski definition) is 4. The minimum atomic E-state index is -4.78. The molecule has 26 heavy (non-hydrogen) atoms. The predicted octanol–water partition coefficient (Wildman–Crippen LogP) is 2.52. The summed E-state index contributed by atoms with van der Waals surface area (Å²) in [5.74, 6) is -0.583. The molecule has 138 valence electrons. The lowest BCUT2D eigenvalue weighted by Crippen LogP contribution is -2.79. The van der Waals surface area contributed by atoms with E-state index in [1.165, 1.54) is 18.2 Å². The second-order valence-electron chi connectivity index (χ2n) is 7.22. The maximum absolute atomic E-state index is 13.1. The van der Waals surface area contributed by atoms with Crippen molar-refractivity contribution in [3.63, 3.8) is 0 Å². The molecule has 3 aliphatic rings. The topological polar surface area (TPSA) is 61.5 Å². The van der Waals surface area contributed by atoms with Gasteiger partial charge in [-0.3, -0.25) is 14.8 Å². The van der Waals surface area contributed by atoms with E-state index in [4.69, 9.17) is 0 Å². The number of amides is 1. The third-order valence-corrected chi connectivity index (χ3v) is 6.13. The first-order valence-electron chi connectivity index (χ1n) is 8.67. The number of halogens is 3. The fourth-order valence-corrected chi connectivity index (χ4v) is 4.72. The number of aromatic nitrogens is 2. The average Bonchev–Trinajstić information content (AvgIpc) is 2.91. The van der Waals surface area contributed by atoms with Crippen LogP contribution >= 0.6 is 0 Å². The maximum atomic E-state index is 13.1. The fourth-order valence-electron chi connectivity index (χ4n) is 4.72. The summed E-state index contributed by atoms with van der Waals surface area (Å²) >= 11 is 0. The Hall–Kier alpha value is -2.29.